The lowest BCUT2D eigenvalue weighted by molar-refractivity contribution is 0.0252. The molecule has 1 aliphatic carbocycles. The molecule has 4 heteroatoms. The van der Waals surface area contributed by atoms with E-state index in [2.05, 4.69) is 6.92 Å². The Bertz CT molecular complexity index is 418. The summed E-state index contributed by atoms with van der Waals surface area (Å²) in [6.45, 7) is 2.31. The Labute approximate surface area is 106 Å². The van der Waals surface area contributed by atoms with Crippen molar-refractivity contribution in [1.82, 2.24) is 0 Å². The minimum atomic E-state index is -1.17. The molecule has 0 spiro atoms. The minimum absolute atomic E-state index is 0.239. The third-order valence-electron chi connectivity index (χ3n) is 4.15. The first kappa shape index (κ1) is 13.4. The van der Waals surface area contributed by atoms with Crippen LogP contribution in [-0.2, 0) is 0 Å². The van der Waals surface area contributed by atoms with Gasteiger partial charge in [-0.25, -0.2) is 8.78 Å². The highest BCUT2D eigenvalue weighted by Gasteiger charge is 2.44. The highest BCUT2D eigenvalue weighted by atomic mass is 19.1. The van der Waals surface area contributed by atoms with Gasteiger partial charge in [0.15, 0.2) is 0 Å². The zero-order valence-corrected chi connectivity index (χ0v) is 10.5. The van der Waals surface area contributed by atoms with Crippen LogP contribution in [0.1, 0.15) is 37.9 Å². The van der Waals surface area contributed by atoms with Crippen LogP contribution in [0.3, 0.4) is 0 Å². The van der Waals surface area contributed by atoms with Crippen LogP contribution in [0.2, 0.25) is 0 Å². The Kier molecular flexibility index (Phi) is 3.69. The molecule has 1 aromatic rings. The van der Waals surface area contributed by atoms with E-state index in [9.17, 15) is 13.9 Å². The van der Waals surface area contributed by atoms with Crippen molar-refractivity contribution in [2.75, 3.05) is 6.54 Å². The van der Waals surface area contributed by atoms with E-state index >= 15 is 0 Å². The van der Waals surface area contributed by atoms with Gasteiger partial charge in [-0.3, -0.25) is 0 Å². The zero-order valence-electron chi connectivity index (χ0n) is 10.5. The summed E-state index contributed by atoms with van der Waals surface area (Å²) in [5.41, 5.74) is 4.93. The van der Waals surface area contributed by atoms with Gasteiger partial charge in [-0.05, 0) is 30.9 Å². The SMILES string of the molecule is CC1CCC(CN)(C(O)c2c(F)cccc2F)C1. The van der Waals surface area contributed by atoms with E-state index in [1.807, 2.05) is 0 Å². The molecule has 0 aliphatic heterocycles. The lowest BCUT2D eigenvalue weighted by atomic mass is 9.76. The molecule has 0 amide bonds. The summed E-state index contributed by atoms with van der Waals surface area (Å²) in [6.07, 6.45) is 1.18. The van der Waals surface area contributed by atoms with Crippen LogP contribution in [0, 0.1) is 23.0 Å². The molecular weight excluding hydrogens is 236 g/mol. The molecule has 2 nitrogen and oxygen atoms in total. The Morgan fingerprint density at radius 2 is 2.06 bits per heavy atom. The fraction of sp³-hybridized carbons (Fsp3) is 0.571. The molecule has 100 valence electrons. The van der Waals surface area contributed by atoms with Crippen molar-refractivity contribution in [1.29, 1.82) is 0 Å². The molecule has 0 heterocycles. The molecule has 1 aromatic carbocycles. The van der Waals surface area contributed by atoms with Crippen LogP contribution in [0.4, 0.5) is 8.78 Å². The fourth-order valence-corrected chi connectivity index (χ4v) is 3.06. The molecular formula is C14H19F2NO. The maximum absolute atomic E-state index is 13.7. The normalized spacial score (nSPS) is 29.5. The van der Waals surface area contributed by atoms with Gasteiger partial charge in [-0.2, -0.15) is 0 Å². The largest absolute Gasteiger partial charge is 0.388 e. The molecule has 18 heavy (non-hydrogen) atoms. The Balaban J connectivity index is 2.38. The van der Waals surface area contributed by atoms with E-state index in [1.165, 1.54) is 18.2 Å². The van der Waals surface area contributed by atoms with Crippen LogP contribution in [0.15, 0.2) is 18.2 Å². The number of rotatable bonds is 3. The lowest BCUT2D eigenvalue weighted by Crippen LogP contribution is -2.35. The highest BCUT2D eigenvalue weighted by Crippen LogP contribution is 2.49. The first-order valence-electron chi connectivity index (χ1n) is 6.32. The van der Waals surface area contributed by atoms with Crippen molar-refractivity contribution in [3.63, 3.8) is 0 Å². The highest BCUT2D eigenvalue weighted by molar-refractivity contribution is 5.24. The van der Waals surface area contributed by atoms with Gasteiger partial charge in [0, 0.05) is 12.0 Å². The number of aliphatic hydroxyl groups excluding tert-OH is 1. The summed E-state index contributed by atoms with van der Waals surface area (Å²) in [4.78, 5) is 0. The predicted octanol–water partition coefficient (Wildman–Crippen LogP) is 2.76. The smallest absolute Gasteiger partial charge is 0.131 e. The summed E-state index contributed by atoms with van der Waals surface area (Å²) in [6, 6.07) is 3.64. The molecule has 1 aliphatic rings. The van der Waals surface area contributed by atoms with E-state index in [4.69, 9.17) is 5.73 Å². The topological polar surface area (TPSA) is 46.2 Å². The first-order chi connectivity index (χ1) is 8.50. The van der Waals surface area contributed by atoms with Gasteiger partial charge in [-0.15, -0.1) is 0 Å². The lowest BCUT2D eigenvalue weighted by Gasteiger charge is -2.33. The summed E-state index contributed by atoms with van der Waals surface area (Å²) in [7, 11) is 0. The summed E-state index contributed by atoms with van der Waals surface area (Å²) in [5, 5.41) is 10.4. The molecule has 1 saturated carbocycles. The molecule has 0 saturated heterocycles. The van der Waals surface area contributed by atoms with Gasteiger partial charge >= 0.3 is 0 Å². The Morgan fingerprint density at radius 1 is 1.44 bits per heavy atom. The number of hydrogen-bond acceptors (Lipinski definition) is 2. The second-order valence-corrected chi connectivity index (χ2v) is 5.45. The predicted molar refractivity (Wildman–Crippen MR) is 65.8 cm³/mol. The van der Waals surface area contributed by atoms with Crippen molar-refractivity contribution >= 4 is 0 Å². The summed E-state index contributed by atoms with van der Waals surface area (Å²) in [5.74, 6) is -0.970. The van der Waals surface area contributed by atoms with E-state index < -0.39 is 23.2 Å². The Hall–Kier alpha value is -1.00. The maximum Gasteiger partial charge on any atom is 0.131 e. The molecule has 0 radical (unpaired) electrons. The van der Waals surface area contributed by atoms with E-state index in [-0.39, 0.29) is 12.1 Å². The molecule has 3 unspecified atom stereocenters. The first-order valence-corrected chi connectivity index (χ1v) is 6.32. The fourth-order valence-electron chi connectivity index (χ4n) is 3.06. The van der Waals surface area contributed by atoms with E-state index in [0.29, 0.717) is 18.8 Å². The minimum Gasteiger partial charge on any atom is -0.388 e. The number of halogens is 2. The molecule has 0 aromatic heterocycles. The van der Waals surface area contributed by atoms with Gasteiger partial charge in [0.1, 0.15) is 11.6 Å². The van der Waals surface area contributed by atoms with Crippen LogP contribution >= 0.6 is 0 Å². The summed E-state index contributed by atoms with van der Waals surface area (Å²) < 4.78 is 27.4. The number of aliphatic hydroxyl groups is 1. The average Bonchev–Trinajstić information content (AvgIpc) is 2.72. The van der Waals surface area contributed by atoms with E-state index in [1.54, 1.807) is 0 Å². The van der Waals surface area contributed by atoms with Crippen molar-refractivity contribution in [2.24, 2.45) is 17.1 Å². The van der Waals surface area contributed by atoms with E-state index in [0.717, 1.165) is 6.42 Å². The summed E-state index contributed by atoms with van der Waals surface area (Å²) >= 11 is 0. The van der Waals surface area contributed by atoms with Crippen LogP contribution in [-0.4, -0.2) is 11.7 Å². The standard InChI is InChI=1S/C14H19F2NO/c1-9-5-6-14(7-9,8-17)13(18)12-10(15)3-2-4-11(12)16/h2-4,9,13,18H,5-8,17H2,1H3. The molecule has 3 atom stereocenters. The zero-order chi connectivity index (χ0) is 13.3. The van der Waals surface area contributed by atoms with Crippen LogP contribution in [0.25, 0.3) is 0 Å². The van der Waals surface area contributed by atoms with Crippen molar-refractivity contribution in [3.05, 3.63) is 35.4 Å². The Morgan fingerprint density at radius 3 is 2.50 bits per heavy atom. The monoisotopic (exact) mass is 255 g/mol. The second kappa shape index (κ2) is 4.94. The van der Waals surface area contributed by atoms with Crippen LogP contribution < -0.4 is 5.73 Å². The van der Waals surface area contributed by atoms with Gasteiger partial charge in [0.05, 0.1) is 11.7 Å². The molecule has 3 N–H and O–H groups in total. The maximum atomic E-state index is 13.7. The van der Waals surface area contributed by atoms with Crippen molar-refractivity contribution in [2.45, 2.75) is 32.3 Å². The number of benzene rings is 1. The van der Waals surface area contributed by atoms with Gasteiger partial charge < -0.3 is 10.8 Å². The number of nitrogens with two attached hydrogens (primary N) is 1. The number of hydrogen-bond donors (Lipinski definition) is 2. The van der Waals surface area contributed by atoms with Gasteiger partial charge in [-0.1, -0.05) is 19.4 Å². The van der Waals surface area contributed by atoms with Gasteiger partial charge in [0.25, 0.3) is 0 Å². The average molecular weight is 255 g/mol. The van der Waals surface area contributed by atoms with Crippen LogP contribution in [0.5, 0.6) is 0 Å². The quantitative estimate of drug-likeness (QED) is 0.872. The van der Waals surface area contributed by atoms with Crippen molar-refractivity contribution < 1.29 is 13.9 Å². The third kappa shape index (κ3) is 2.15. The van der Waals surface area contributed by atoms with Crippen molar-refractivity contribution in [3.8, 4) is 0 Å². The third-order valence-corrected chi connectivity index (χ3v) is 4.15. The molecule has 1 fully saturated rings. The molecule has 2 rings (SSSR count). The molecule has 0 bridgehead atoms. The second-order valence-electron chi connectivity index (χ2n) is 5.45. The van der Waals surface area contributed by atoms with Gasteiger partial charge in [0.2, 0.25) is 0 Å².